The van der Waals surface area contributed by atoms with E-state index in [1.807, 2.05) is 18.2 Å². The van der Waals surface area contributed by atoms with Gasteiger partial charge in [-0.2, -0.15) is 0 Å². The van der Waals surface area contributed by atoms with Crippen LogP contribution in [0, 0.1) is 5.92 Å². The summed E-state index contributed by atoms with van der Waals surface area (Å²) in [6.45, 7) is 2.72. The molecule has 0 aromatic heterocycles. The van der Waals surface area contributed by atoms with Crippen LogP contribution in [0.5, 0.6) is 5.75 Å². The van der Waals surface area contributed by atoms with Gasteiger partial charge in [-0.1, -0.05) is 61.7 Å². The molecule has 2 unspecified atom stereocenters. The van der Waals surface area contributed by atoms with Crippen LogP contribution < -0.4 is 0 Å². The van der Waals surface area contributed by atoms with Gasteiger partial charge in [0, 0.05) is 31.7 Å². The molecule has 5 heteroatoms. The minimum atomic E-state index is -0.130. The number of benzene rings is 2. The predicted molar refractivity (Wildman–Crippen MR) is 154 cm³/mol. The third-order valence-electron chi connectivity index (χ3n) is 9.55. The maximum atomic E-state index is 14.1. The number of phenols is 1. The quantitative estimate of drug-likeness (QED) is 0.440. The fraction of sp³-hybridized carbons (Fsp3) is 0.606. The highest BCUT2D eigenvalue weighted by Crippen LogP contribution is 2.43. The van der Waals surface area contributed by atoms with Crippen LogP contribution in [0.25, 0.3) is 0 Å². The van der Waals surface area contributed by atoms with Gasteiger partial charge in [-0.25, -0.2) is 0 Å². The largest absolute Gasteiger partial charge is 0.508 e. The van der Waals surface area contributed by atoms with Crippen LogP contribution >= 0.6 is 0 Å². The van der Waals surface area contributed by atoms with E-state index in [1.54, 1.807) is 6.07 Å². The van der Waals surface area contributed by atoms with Crippen molar-refractivity contribution in [2.45, 2.75) is 88.3 Å². The molecular formula is C33H47N3O2. The molecule has 2 saturated heterocycles. The van der Waals surface area contributed by atoms with Gasteiger partial charge in [0.2, 0.25) is 5.91 Å². The van der Waals surface area contributed by atoms with Gasteiger partial charge in [0.1, 0.15) is 5.75 Å². The number of phenolic OH excluding ortho intramolecular Hbond substituents is 1. The van der Waals surface area contributed by atoms with E-state index in [-0.39, 0.29) is 6.04 Å². The molecule has 2 aromatic rings. The number of hydrogen-bond donors (Lipinski definition) is 1. The second-order valence-corrected chi connectivity index (χ2v) is 12.3. The van der Waals surface area contributed by atoms with E-state index in [0.29, 0.717) is 35.6 Å². The second kappa shape index (κ2) is 12.7. The number of hydrogen-bond acceptors (Lipinski definition) is 4. The van der Waals surface area contributed by atoms with Crippen molar-refractivity contribution in [3.05, 3.63) is 65.7 Å². The van der Waals surface area contributed by atoms with E-state index in [9.17, 15) is 9.90 Å². The Kier molecular flexibility index (Phi) is 9.06. The molecule has 3 aliphatic rings. The molecule has 0 radical (unpaired) electrons. The highest BCUT2D eigenvalue weighted by Gasteiger charge is 2.41. The van der Waals surface area contributed by atoms with Crippen LogP contribution in [0.4, 0.5) is 0 Å². The molecule has 5 rings (SSSR count). The normalized spacial score (nSPS) is 25.0. The van der Waals surface area contributed by atoms with Gasteiger partial charge in [-0.05, 0) is 94.1 Å². The molecule has 5 nitrogen and oxygen atoms in total. The molecule has 2 aliphatic heterocycles. The van der Waals surface area contributed by atoms with Crippen molar-refractivity contribution < 1.29 is 9.90 Å². The lowest BCUT2D eigenvalue weighted by Crippen LogP contribution is -2.52. The van der Waals surface area contributed by atoms with Crippen molar-refractivity contribution >= 4 is 5.91 Å². The van der Waals surface area contributed by atoms with Crippen LogP contribution in [0.2, 0.25) is 0 Å². The van der Waals surface area contributed by atoms with E-state index in [4.69, 9.17) is 0 Å². The summed E-state index contributed by atoms with van der Waals surface area (Å²) < 4.78 is 0. The van der Waals surface area contributed by atoms with Crippen molar-refractivity contribution in [2.75, 3.05) is 33.7 Å². The number of fused-ring (bicyclic) bond motifs is 2. The summed E-state index contributed by atoms with van der Waals surface area (Å²) in [4.78, 5) is 21.2. The molecule has 2 aromatic carbocycles. The summed E-state index contributed by atoms with van der Waals surface area (Å²) >= 11 is 0. The topological polar surface area (TPSA) is 47.0 Å². The van der Waals surface area contributed by atoms with Crippen molar-refractivity contribution in [3.8, 4) is 5.75 Å². The second-order valence-electron chi connectivity index (χ2n) is 12.3. The average molecular weight is 518 g/mol. The summed E-state index contributed by atoms with van der Waals surface area (Å²) in [5.74, 6) is 1.84. The summed E-state index contributed by atoms with van der Waals surface area (Å²) in [5.41, 5.74) is 2.51. The fourth-order valence-electron chi connectivity index (χ4n) is 7.44. The lowest BCUT2D eigenvalue weighted by atomic mass is 9.85. The fourth-order valence-corrected chi connectivity index (χ4v) is 7.44. The standard InChI is InChI=1S/C33H47N3O2/c1-34(2)32(20-25-10-5-3-6-11-25)33(38)35(24-26-12-7-4-8-13-26)18-19-36-29-16-17-30(36)22-28(21-29)27-14-9-15-31(37)23-27/h3,5-6,9-11,14-15,23,26,28-30,32,37H,4,7-8,12-13,16-22,24H2,1-2H3/t28?,29?,30?,32-/m0/s1. The van der Waals surface area contributed by atoms with E-state index in [0.717, 1.165) is 38.9 Å². The average Bonchev–Trinajstić information content (AvgIpc) is 3.16. The van der Waals surface area contributed by atoms with Crippen LogP contribution in [-0.4, -0.2) is 77.6 Å². The molecule has 1 amide bonds. The van der Waals surface area contributed by atoms with Gasteiger partial charge < -0.3 is 10.0 Å². The number of rotatable bonds is 10. The Hall–Kier alpha value is -2.37. The number of piperidine rings is 1. The van der Waals surface area contributed by atoms with Crippen LogP contribution in [-0.2, 0) is 11.2 Å². The Morgan fingerprint density at radius 2 is 1.66 bits per heavy atom. The Bertz CT molecular complexity index is 1020. The number of likely N-dealkylation sites (N-methyl/N-ethyl adjacent to an activating group) is 1. The highest BCUT2D eigenvalue weighted by atomic mass is 16.3. The van der Waals surface area contributed by atoms with E-state index in [1.165, 1.54) is 56.1 Å². The lowest BCUT2D eigenvalue weighted by Gasteiger charge is -2.41. The smallest absolute Gasteiger partial charge is 0.240 e. The summed E-state index contributed by atoms with van der Waals surface area (Å²) in [6, 6.07) is 19.4. The summed E-state index contributed by atoms with van der Waals surface area (Å²) in [5, 5.41) is 10.0. The zero-order valence-electron chi connectivity index (χ0n) is 23.5. The van der Waals surface area contributed by atoms with Crippen molar-refractivity contribution in [2.24, 2.45) is 5.92 Å². The van der Waals surface area contributed by atoms with Crippen LogP contribution in [0.15, 0.2) is 54.6 Å². The number of aromatic hydroxyl groups is 1. The van der Waals surface area contributed by atoms with E-state index < -0.39 is 0 Å². The lowest BCUT2D eigenvalue weighted by molar-refractivity contribution is -0.137. The first-order valence-corrected chi connectivity index (χ1v) is 15.0. The molecule has 2 bridgehead atoms. The molecule has 1 aliphatic carbocycles. The molecule has 1 saturated carbocycles. The van der Waals surface area contributed by atoms with Gasteiger partial charge in [-0.3, -0.25) is 14.6 Å². The van der Waals surface area contributed by atoms with Crippen molar-refractivity contribution in [3.63, 3.8) is 0 Å². The van der Waals surface area contributed by atoms with Gasteiger partial charge in [0.15, 0.2) is 0 Å². The van der Waals surface area contributed by atoms with Gasteiger partial charge in [0.25, 0.3) is 0 Å². The summed E-state index contributed by atoms with van der Waals surface area (Å²) in [7, 11) is 4.10. The van der Waals surface area contributed by atoms with Gasteiger partial charge >= 0.3 is 0 Å². The van der Waals surface area contributed by atoms with E-state index >= 15 is 0 Å². The number of carbonyl (C=O) groups is 1. The van der Waals surface area contributed by atoms with Gasteiger partial charge in [0.05, 0.1) is 6.04 Å². The predicted octanol–water partition coefficient (Wildman–Crippen LogP) is 5.68. The molecule has 3 atom stereocenters. The van der Waals surface area contributed by atoms with Crippen LogP contribution in [0.1, 0.15) is 74.8 Å². The Balaban J connectivity index is 1.26. The van der Waals surface area contributed by atoms with Crippen molar-refractivity contribution in [1.82, 2.24) is 14.7 Å². The maximum Gasteiger partial charge on any atom is 0.240 e. The first kappa shape index (κ1) is 27.2. The Morgan fingerprint density at radius 1 is 0.947 bits per heavy atom. The SMILES string of the molecule is CN(C)[C@@H](Cc1ccccc1)C(=O)N(CCN1C2CCC1CC(c1cccc(O)c1)C2)CC1CCCCC1. The number of carbonyl (C=O) groups excluding carboxylic acids is 1. The number of amides is 1. The van der Waals surface area contributed by atoms with Gasteiger partial charge in [-0.15, -0.1) is 0 Å². The first-order chi connectivity index (χ1) is 18.5. The molecule has 38 heavy (non-hydrogen) atoms. The minimum Gasteiger partial charge on any atom is -0.508 e. The first-order valence-electron chi connectivity index (χ1n) is 15.0. The molecule has 206 valence electrons. The third kappa shape index (κ3) is 6.60. The zero-order valence-corrected chi connectivity index (χ0v) is 23.5. The minimum absolute atomic E-state index is 0.130. The molecule has 3 fully saturated rings. The van der Waals surface area contributed by atoms with E-state index in [2.05, 4.69) is 59.1 Å². The van der Waals surface area contributed by atoms with Crippen molar-refractivity contribution in [1.29, 1.82) is 0 Å². The third-order valence-corrected chi connectivity index (χ3v) is 9.55. The molecule has 0 spiro atoms. The number of nitrogens with zero attached hydrogens (tertiary/aromatic N) is 3. The highest BCUT2D eigenvalue weighted by molar-refractivity contribution is 5.82. The van der Waals surface area contributed by atoms with Crippen LogP contribution in [0.3, 0.4) is 0 Å². The molecular weight excluding hydrogens is 470 g/mol. The molecule has 1 N–H and O–H groups in total. The Morgan fingerprint density at radius 3 is 2.32 bits per heavy atom. The monoisotopic (exact) mass is 517 g/mol. The maximum absolute atomic E-state index is 14.1. The summed E-state index contributed by atoms with van der Waals surface area (Å²) in [6.07, 6.45) is 12.1. The molecule has 2 heterocycles. The Labute approximate surface area is 229 Å². The zero-order chi connectivity index (χ0) is 26.5.